The van der Waals surface area contributed by atoms with Gasteiger partial charge in [-0.05, 0) is 50.2 Å². The van der Waals surface area contributed by atoms with Crippen LogP contribution in [0.25, 0.3) is 22.4 Å². The minimum Gasteiger partial charge on any atom is -0.471 e. The molecule has 3 N–H and O–H groups in total. The van der Waals surface area contributed by atoms with Crippen LogP contribution in [0.1, 0.15) is 12.1 Å². The number of benzene rings is 1. The van der Waals surface area contributed by atoms with Gasteiger partial charge < -0.3 is 14.8 Å². The Morgan fingerprint density at radius 2 is 2.12 bits per heavy atom. The lowest BCUT2D eigenvalue weighted by atomic mass is 10.1. The summed E-state index contributed by atoms with van der Waals surface area (Å²) in [5, 5.41) is 11.4. The van der Waals surface area contributed by atoms with Gasteiger partial charge in [0.15, 0.2) is 11.5 Å². The monoisotopic (exact) mass is 469 g/mol. The number of piperidine rings is 1. The van der Waals surface area contributed by atoms with E-state index in [4.69, 9.17) is 4.74 Å². The molecule has 1 aromatic carbocycles. The second-order valence-corrected chi connectivity index (χ2v) is 8.46. The minimum atomic E-state index is -1.15. The lowest BCUT2D eigenvalue weighted by molar-refractivity contribution is 0.0707. The van der Waals surface area contributed by atoms with Crippen molar-refractivity contribution in [2.24, 2.45) is 0 Å². The topological polar surface area (TPSA) is 101 Å². The Bertz CT molecular complexity index is 1270. The average molecular weight is 470 g/mol. The molecule has 0 spiro atoms. The van der Waals surface area contributed by atoms with Gasteiger partial charge in [-0.2, -0.15) is 10.1 Å². The zero-order valence-corrected chi connectivity index (χ0v) is 18.5. The van der Waals surface area contributed by atoms with Gasteiger partial charge in [0, 0.05) is 35.9 Å². The first-order chi connectivity index (χ1) is 16.1. The standard InChI is InChI=1S/C22H21F2N7OS/c1-12-19-21(30-29-12)27-20(28-22(19)32-17-7-9-25-11-15(17)24)13-5-6-16(14(23)10-13)31-33-18-4-2-3-8-26-18/h2-6,8,10,15,17,25,31H,7,9,11H2,1H3,(H,27,28,29,30). The number of ether oxygens (including phenoxy) is 1. The number of halogens is 2. The molecular weight excluding hydrogens is 448 g/mol. The highest BCUT2D eigenvalue weighted by molar-refractivity contribution is 8.00. The fraction of sp³-hybridized carbons (Fsp3) is 0.273. The molecule has 2 atom stereocenters. The maximum Gasteiger partial charge on any atom is 0.229 e. The maximum absolute atomic E-state index is 14.8. The Morgan fingerprint density at radius 1 is 1.21 bits per heavy atom. The first kappa shape index (κ1) is 21.5. The summed E-state index contributed by atoms with van der Waals surface area (Å²) in [6.45, 7) is 2.71. The van der Waals surface area contributed by atoms with E-state index >= 15 is 0 Å². The van der Waals surface area contributed by atoms with Crippen molar-refractivity contribution in [3.63, 3.8) is 0 Å². The number of aryl methyl sites for hydroxylation is 1. The van der Waals surface area contributed by atoms with Crippen molar-refractivity contribution < 1.29 is 13.5 Å². The van der Waals surface area contributed by atoms with E-state index in [9.17, 15) is 8.78 Å². The lowest BCUT2D eigenvalue weighted by Crippen LogP contribution is -2.44. The summed E-state index contributed by atoms with van der Waals surface area (Å²) >= 11 is 1.21. The van der Waals surface area contributed by atoms with Crippen LogP contribution in [0.3, 0.4) is 0 Å². The van der Waals surface area contributed by atoms with Gasteiger partial charge in [-0.1, -0.05) is 6.07 Å². The number of aromatic nitrogens is 5. The number of pyridine rings is 1. The molecule has 0 bridgehead atoms. The van der Waals surface area contributed by atoms with Crippen molar-refractivity contribution >= 4 is 28.7 Å². The fourth-order valence-electron chi connectivity index (χ4n) is 3.57. The summed E-state index contributed by atoms with van der Waals surface area (Å²) in [5.41, 5.74) is 1.85. The number of aromatic amines is 1. The van der Waals surface area contributed by atoms with Crippen LogP contribution in [-0.4, -0.2) is 50.5 Å². The van der Waals surface area contributed by atoms with Crippen LogP contribution in [0.15, 0.2) is 47.6 Å². The highest BCUT2D eigenvalue weighted by Crippen LogP contribution is 2.31. The third kappa shape index (κ3) is 4.60. The zero-order chi connectivity index (χ0) is 22.8. The molecule has 0 saturated carbocycles. The van der Waals surface area contributed by atoms with Gasteiger partial charge in [-0.3, -0.25) is 5.10 Å². The van der Waals surface area contributed by atoms with Crippen LogP contribution in [0.4, 0.5) is 14.5 Å². The summed E-state index contributed by atoms with van der Waals surface area (Å²) in [4.78, 5) is 13.2. The summed E-state index contributed by atoms with van der Waals surface area (Å²) in [5.74, 6) is 0.0165. The average Bonchev–Trinajstić information content (AvgIpc) is 3.21. The maximum atomic E-state index is 14.8. The van der Waals surface area contributed by atoms with Crippen LogP contribution in [0, 0.1) is 12.7 Å². The zero-order valence-electron chi connectivity index (χ0n) is 17.7. The van der Waals surface area contributed by atoms with E-state index in [0.29, 0.717) is 40.9 Å². The molecule has 2 unspecified atom stereocenters. The number of nitrogens with one attached hydrogen (secondary N) is 3. The molecule has 170 valence electrons. The molecular formula is C22H21F2N7OS. The van der Waals surface area contributed by atoms with Crippen molar-refractivity contribution in [1.29, 1.82) is 0 Å². The number of fused-ring (bicyclic) bond motifs is 1. The molecule has 1 aliphatic rings. The molecule has 4 heterocycles. The van der Waals surface area contributed by atoms with Crippen molar-refractivity contribution in [2.45, 2.75) is 30.6 Å². The molecule has 11 heteroatoms. The van der Waals surface area contributed by atoms with Crippen molar-refractivity contribution in [1.82, 2.24) is 30.5 Å². The van der Waals surface area contributed by atoms with Gasteiger partial charge in [0.2, 0.25) is 5.88 Å². The normalized spacial score (nSPS) is 18.4. The van der Waals surface area contributed by atoms with Crippen molar-refractivity contribution in [3.05, 3.63) is 54.1 Å². The number of hydrogen-bond acceptors (Lipinski definition) is 8. The SMILES string of the molecule is Cc1[nH]nc2nc(-c3ccc(NSc4ccccn4)c(F)c3)nc(OC3CCNCC3F)c12. The summed E-state index contributed by atoms with van der Waals surface area (Å²) in [6, 6.07) is 10.1. The van der Waals surface area contributed by atoms with Crippen LogP contribution in [-0.2, 0) is 0 Å². The number of nitrogens with zero attached hydrogens (tertiary/aromatic N) is 4. The Kier molecular flexibility index (Phi) is 6.05. The first-order valence-electron chi connectivity index (χ1n) is 10.5. The third-order valence-electron chi connectivity index (χ3n) is 5.30. The molecule has 5 rings (SSSR count). The first-order valence-corrected chi connectivity index (χ1v) is 11.3. The van der Waals surface area contributed by atoms with Gasteiger partial charge in [-0.25, -0.2) is 18.7 Å². The number of alkyl halides is 1. The van der Waals surface area contributed by atoms with Crippen LogP contribution in [0.5, 0.6) is 5.88 Å². The second kappa shape index (κ2) is 9.28. The number of anilines is 1. The van der Waals surface area contributed by atoms with Crippen LogP contribution in [0.2, 0.25) is 0 Å². The predicted molar refractivity (Wildman–Crippen MR) is 122 cm³/mol. The van der Waals surface area contributed by atoms with E-state index in [2.05, 4.69) is 35.2 Å². The molecule has 33 heavy (non-hydrogen) atoms. The van der Waals surface area contributed by atoms with Crippen LogP contribution < -0.4 is 14.8 Å². The minimum absolute atomic E-state index is 0.228. The highest BCUT2D eigenvalue weighted by Gasteiger charge is 2.28. The van der Waals surface area contributed by atoms with E-state index in [-0.39, 0.29) is 18.2 Å². The smallest absolute Gasteiger partial charge is 0.229 e. The van der Waals surface area contributed by atoms with Gasteiger partial charge in [-0.15, -0.1) is 0 Å². The number of hydrogen-bond donors (Lipinski definition) is 3. The molecule has 0 radical (unpaired) electrons. The highest BCUT2D eigenvalue weighted by atomic mass is 32.2. The second-order valence-electron chi connectivity index (χ2n) is 7.63. The van der Waals surface area contributed by atoms with E-state index in [1.165, 1.54) is 18.0 Å². The van der Waals surface area contributed by atoms with Crippen molar-refractivity contribution in [3.8, 4) is 17.3 Å². The van der Waals surface area contributed by atoms with Crippen molar-refractivity contribution in [2.75, 3.05) is 17.8 Å². The number of rotatable bonds is 6. The fourth-order valence-corrected chi connectivity index (χ4v) is 4.21. The van der Waals surface area contributed by atoms with Crippen LogP contribution >= 0.6 is 11.9 Å². The summed E-state index contributed by atoms with van der Waals surface area (Å²) in [6.07, 6.45) is 0.404. The molecule has 4 aromatic rings. The molecule has 0 aliphatic carbocycles. The number of H-pyrrole nitrogens is 1. The third-order valence-corrected chi connectivity index (χ3v) is 6.08. The molecule has 1 saturated heterocycles. The Balaban J connectivity index is 1.43. The Hall–Kier alpha value is -3.31. The molecule has 3 aromatic heterocycles. The van der Waals surface area contributed by atoms with E-state index in [1.54, 1.807) is 18.3 Å². The van der Waals surface area contributed by atoms with E-state index in [0.717, 1.165) is 5.03 Å². The summed E-state index contributed by atoms with van der Waals surface area (Å²) in [7, 11) is 0. The van der Waals surface area contributed by atoms with Gasteiger partial charge in [0.25, 0.3) is 0 Å². The van der Waals surface area contributed by atoms with E-state index < -0.39 is 18.1 Å². The molecule has 1 fully saturated rings. The van der Waals surface area contributed by atoms with E-state index in [1.807, 2.05) is 25.1 Å². The largest absolute Gasteiger partial charge is 0.471 e. The summed E-state index contributed by atoms with van der Waals surface area (Å²) < 4.78 is 38.1. The quantitative estimate of drug-likeness (QED) is 0.364. The molecule has 8 nitrogen and oxygen atoms in total. The predicted octanol–water partition coefficient (Wildman–Crippen LogP) is 4.06. The Morgan fingerprint density at radius 3 is 2.91 bits per heavy atom. The van der Waals surface area contributed by atoms with Gasteiger partial charge in [0.1, 0.15) is 28.5 Å². The molecule has 0 amide bonds. The van der Waals surface area contributed by atoms with Gasteiger partial charge in [0.05, 0.1) is 5.69 Å². The van der Waals surface area contributed by atoms with Gasteiger partial charge >= 0.3 is 0 Å². The molecule has 1 aliphatic heterocycles. The lowest BCUT2D eigenvalue weighted by Gasteiger charge is -2.27. The Labute approximate surface area is 192 Å².